The van der Waals surface area contributed by atoms with Crippen molar-refractivity contribution in [3.8, 4) is 5.88 Å². The van der Waals surface area contributed by atoms with Gasteiger partial charge >= 0.3 is 0 Å². The van der Waals surface area contributed by atoms with E-state index in [1.54, 1.807) is 24.4 Å². The lowest BCUT2D eigenvalue weighted by atomic mass is 9.91. The molecular weight excluding hydrogens is 347 g/mol. The monoisotopic (exact) mass is 370 g/mol. The third kappa shape index (κ3) is 4.11. The van der Waals surface area contributed by atoms with Gasteiger partial charge in [0.05, 0.1) is 25.7 Å². The van der Waals surface area contributed by atoms with Crippen molar-refractivity contribution in [1.29, 1.82) is 0 Å². The Bertz CT molecular complexity index is 786. The highest BCUT2D eigenvalue weighted by Gasteiger charge is 2.44. The zero-order valence-corrected chi connectivity index (χ0v) is 15.1. The second-order valence-electron chi connectivity index (χ2n) is 7.17. The molecule has 27 heavy (non-hydrogen) atoms. The molecule has 0 radical (unpaired) electrons. The lowest BCUT2D eigenvalue weighted by Crippen LogP contribution is -2.32. The van der Waals surface area contributed by atoms with Crippen LogP contribution in [-0.4, -0.2) is 48.2 Å². The summed E-state index contributed by atoms with van der Waals surface area (Å²) in [6, 6.07) is 12.0. The van der Waals surface area contributed by atoms with Gasteiger partial charge in [0.25, 0.3) is 0 Å². The van der Waals surface area contributed by atoms with Crippen molar-refractivity contribution in [2.45, 2.75) is 18.9 Å². The average Bonchev–Trinajstić information content (AvgIpc) is 3.26. The standard InChI is InChI=1S/C21H23FN2O3/c22-18-6-2-1-5-15(18)11-21(25)24-12-17-16(14-27-19(17)13-24)8-10-26-20-7-3-4-9-23-20/h1-7,9,16-17,19H,8,10-14H2/t16-,17-,19-/m0/s1. The molecule has 3 atom stereocenters. The number of ether oxygens (including phenoxy) is 2. The Morgan fingerprint density at radius 2 is 2.07 bits per heavy atom. The number of carbonyl (C=O) groups is 1. The fraction of sp³-hybridized carbons (Fsp3) is 0.429. The third-order valence-corrected chi connectivity index (χ3v) is 5.47. The Kier molecular flexibility index (Phi) is 5.34. The smallest absolute Gasteiger partial charge is 0.227 e. The molecule has 0 aliphatic carbocycles. The van der Waals surface area contributed by atoms with Gasteiger partial charge in [-0.15, -0.1) is 0 Å². The van der Waals surface area contributed by atoms with Crippen LogP contribution in [0.2, 0.25) is 0 Å². The molecule has 0 saturated carbocycles. The molecule has 5 nitrogen and oxygen atoms in total. The van der Waals surface area contributed by atoms with Crippen LogP contribution in [0.4, 0.5) is 4.39 Å². The summed E-state index contributed by atoms with van der Waals surface area (Å²) in [6.07, 6.45) is 2.75. The summed E-state index contributed by atoms with van der Waals surface area (Å²) < 4.78 is 25.4. The van der Waals surface area contributed by atoms with Crippen molar-refractivity contribution >= 4 is 5.91 Å². The normalized spacial score (nSPS) is 24.0. The predicted molar refractivity (Wildman–Crippen MR) is 97.8 cm³/mol. The van der Waals surface area contributed by atoms with Gasteiger partial charge in [-0.3, -0.25) is 4.79 Å². The Labute approximate surface area is 158 Å². The average molecular weight is 370 g/mol. The maximum atomic E-state index is 13.8. The maximum Gasteiger partial charge on any atom is 0.227 e. The van der Waals surface area contributed by atoms with Crippen LogP contribution in [0, 0.1) is 17.7 Å². The highest BCUT2D eigenvalue weighted by atomic mass is 19.1. The van der Waals surface area contributed by atoms with Gasteiger partial charge in [0.15, 0.2) is 0 Å². The van der Waals surface area contributed by atoms with Crippen molar-refractivity contribution in [2.24, 2.45) is 11.8 Å². The van der Waals surface area contributed by atoms with Gasteiger partial charge in [0.1, 0.15) is 5.82 Å². The minimum atomic E-state index is -0.328. The SMILES string of the molecule is O=C(Cc1ccccc1F)N1C[C@H]2[C@@H](CCOc3ccccn3)CO[C@H]2C1. The maximum absolute atomic E-state index is 13.8. The number of amides is 1. The van der Waals surface area contributed by atoms with Gasteiger partial charge in [0, 0.05) is 31.3 Å². The highest BCUT2D eigenvalue weighted by Crippen LogP contribution is 2.35. The summed E-state index contributed by atoms with van der Waals surface area (Å²) in [6.45, 7) is 2.55. The fourth-order valence-corrected chi connectivity index (χ4v) is 3.96. The number of carbonyl (C=O) groups excluding carboxylic acids is 1. The molecule has 0 N–H and O–H groups in total. The minimum absolute atomic E-state index is 0.0402. The fourth-order valence-electron chi connectivity index (χ4n) is 3.96. The van der Waals surface area contributed by atoms with Gasteiger partial charge in [-0.25, -0.2) is 9.37 Å². The van der Waals surface area contributed by atoms with E-state index in [1.807, 2.05) is 23.1 Å². The molecule has 2 aliphatic heterocycles. The summed E-state index contributed by atoms with van der Waals surface area (Å²) >= 11 is 0. The van der Waals surface area contributed by atoms with Crippen LogP contribution in [0.1, 0.15) is 12.0 Å². The molecule has 2 saturated heterocycles. The van der Waals surface area contributed by atoms with E-state index in [1.165, 1.54) is 6.07 Å². The van der Waals surface area contributed by atoms with Gasteiger partial charge < -0.3 is 14.4 Å². The van der Waals surface area contributed by atoms with Crippen molar-refractivity contribution < 1.29 is 18.7 Å². The van der Waals surface area contributed by atoms with Crippen molar-refractivity contribution in [2.75, 3.05) is 26.3 Å². The van der Waals surface area contributed by atoms with Gasteiger partial charge in [0.2, 0.25) is 11.8 Å². The molecule has 2 aliphatic rings. The highest BCUT2D eigenvalue weighted by molar-refractivity contribution is 5.79. The van der Waals surface area contributed by atoms with Crippen LogP contribution < -0.4 is 4.74 Å². The molecule has 1 aromatic heterocycles. The quantitative estimate of drug-likeness (QED) is 0.785. The predicted octanol–water partition coefficient (Wildman–Crippen LogP) is 2.71. The first-order valence-electron chi connectivity index (χ1n) is 9.37. The van der Waals surface area contributed by atoms with E-state index in [-0.39, 0.29) is 24.2 Å². The van der Waals surface area contributed by atoms with Crippen molar-refractivity contribution in [1.82, 2.24) is 9.88 Å². The molecule has 3 heterocycles. The van der Waals surface area contributed by atoms with E-state index in [2.05, 4.69) is 4.98 Å². The first-order valence-corrected chi connectivity index (χ1v) is 9.37. The summed E-state index contributed by atoms with van der Waals surface area (Å²) in [5.41, 5.74) is 0.445. The number of rotatable bonds is 6. The number of nitrogens with zero attached hydrogens (tertiary/aromatic N) is 2. The van der Waals surface area contributed by atoms with E-state index in [0.717, 1.165) is 6.42 Å². The number of aromatic nitrogens is 1. The van der Waals surface area contributed by atoms with E-state index < -0.39 is 0 Å². The van der Waals surface area contributed by atoms with E-state index >= 15 is 0 Å². The van der Waals surface area contributed by atoms with E-state index in [9.17, 15) is 9.18 Å². The number of fused-ring (bicyclic) bond motifs is 1. The Morgan fingerprint density at radius 1 is 1.22 bits per heavy atom. The summed E-state index contributed by atoms with van der Waals surface area (Å²) in [5.74, 6) is 0.945. The Hall–Kier alpha value is -2.47. The second-order valence-corrected chi connectivity index (χ2v) is 7.17. The molecule has 0 spiro atoms. The molecule has 2 fully saturated rings. The Balaban J connectivity index is 1.29. The molecule has 0 unspecified atom stereocenters. The third-order valence-electron chi connectivity index (χ3n) is 5.47. The zero-order valence-electron chi connectivity index (χ0n) is 15.1. The largest absolute Gasteiger partial charge is 0.478 e. The first-order chi connectivity index (χ1) is 13.2. The van der Waals surface area contributed by atoms with Gasteiger partial charge in [-0.05, 0) is 30.0 Å². The van der Waals surface area contributed by atoms with Crippen LogP contribution in [0.25, 0.3) is 0 Å². The van der Waals surface area contributed by atoms with E-state index in [0.29, 0.717) is 49.6 Å². The first kappa shape index (κ1) is 17.9. The minimum Gasteiger partial charge on any atom is -0.478 e. The molecule has 6 heteroatoms. The van der Waals surface area contributed by atoms with Crippen LogP contribution in [-0.2, 0) is 16.0 Å². The van der Waals surface area contributed by atoms with Crippen LogP contribution in [0.5, 0.6) is 5.88 Å². The number of halogens is 1. The molecule has 1 aromatic carbocycles. The number of benzene rings is 1. The molecule has 1 amide bonds. The molecule has 2 aromatic rings. The van der Waals surface area contributed by atoms with Crippen LogP contribution in [0.3, 0.4) is 0 Å². The topological polar surface area (TPSA) is 51.7 Å². The number of hydrogen-bond donors (Lipinski definition) is 0. The summed E-state index contributed by atoms with van der Waals surface area (Å²) in [5, 5.41) is 0. The molecule has 142 valence electrons. The number of pyridine rings is 1. The van der Waals surface area contributed by atoms with E-state index in [4.69, 9.17) is 9.47 Å². The summed E-state index contributed by atoms with van der Waals surface area (Å²) in [4.78, 5) is 18.5. The van der Waals surface area contributed by atoms with Crippen LogP contribution >= 0.6 is 0 Å². The molecule has 4 rings (SSSR count). The number of likely N-dealkylation sites (tertiary alicyclic amines) is 1. The Morgan fingerprint density at radius 3 is 2.89 bits per heavy atom. The van der Waals surface area contributed by atoms with Crippen LogP contribution in [0.15, 0.2) is 48.7 Å². The summed E-state index contributed by atoms with van der Waals surface area (Å²) in [7, 11) is 0. The molecule has 0 bridgehead atoms. The van der Waals surface area contributed by atoms with Gasteiger partial charge in [-0.2, -0.15) is 0 Å². The van der Waals surface area contributed by atoms with Gasteiger partial charge in [-0.1, -0.05) is 24.3 Å². The van der Waals surface area contributed by atoms with Crippen molar-refractivity contribution in [3.05, 3.63) is 60.0 Å². The zero-order chi connectivity index (χ0) is 18.6. The molecular formula is C21H23FN2O3. The number of hydrogen-bond acceptors (Lipinski definition) is 4. The second kappa shape index (κ2) is 8.05. The van der Waals surface area contributed by atoms with Crippen molar-refractivity contribution in [3.63, 3.8) is 0 Å². The lowest BCUT2D eigenvalue weighted by Gasteiger charge is -2.20. The lowest BCUT2D eigenvalue weighted by molar-refractivity contribution is -0.130.